The molecule has 18 heavy (non-hydrogen) atoms. The lowest BCUT2D eigenvalue weighted by Gasteiger charge is -2.16. The van der Waals surface area contributed by atoms with E-state index in [4.69, 9.17) is 11.6 Å². The zero-order valence-corrected chi connectivity index (χ0v) is 11.9. The summed E-state index contributed by atoms with van der Waals surface area (Å²) in [7, 11) is 1.88. The Kier molecular flexibility index (Phi) is 4.38. The molecule has 0 fully saturated rings. The normalized spacial score (nSPS) is 12.7. The van der Waals surface area contributed by atoms with E-state index < -0.39 is 0 Å². The molecule has 0 aliphatic carbocycles. The molecule has 1 nitrogen and oxygen atoms in total. The molecule has 1 N–H and O–H groups in total. The first-order valence-corrected chi connectivity index (χ1v) is 7.02. The second-order valence-corrected chi connectivity index (χ2v) is 5.76. The lowest BCUT2D eigenvalue weighted by Crippen LogP contribution is -2.19. The van der Waals surface area contributed by atoms with Crippen molar-refractivity contribution in [3.63, 3.8) is 0 Å². The van der Waals surface area contributed by atoms with Gasteiger partial charge in [-0.1, -0.05) is 17.7 Å². The van der Waals surface area contributed by atoms with Gasteiger partial charge in [0.05, 0.1) is 0 Å². The van der Waals surface area contributed by atoms with E-state index in [-0.39, 0.29) is 11.9 Å². The summed E-state index contributed by atoms with van der Waals surface area (Å²) in [4.78, 5) is 1.25. The van der Waals surface area contributed by atoms with Crippen molar-refractivity contribution in [3.8, 4) is 0 Å². The van der Waals surface area contributed by atoms with E-state index in [0.29, 0.717) is 17.0 Å². The minimum Gasteiger partial charge on any atom is -0.313 e. The highest BCUT2D eigenvalue weighted by Crippen LogP contribution is 2.27. The standard InChI is InChI=1S/C14H15ClFNS/c1-9-6-10(8-18-9)14(17-2)7-11-12(15)4-3-5-13(11)16/h3-6,8,14,17H,7H2,1-2H3. The van der Waals surface area contributed by atoms with Crippen LogP contribution in [0, 0.1) is 12.7 Å². The largest absolute Gasteiger partial charge is 0.313 e. The van der Waals surface area contributed by atoms with Gasteiger partial charge in [-0.25, -0.2) is 4.39 Å². The molecule has 1 heterocycles. The van der Waals surface area contributed by atoms with Crippen molar-refractivity contribution >= 4 is 22.9 Å². The van der Waals surface area contributed by atoms with Gasteiger partial charge in [-0.3, -0.25) is 0 Å². The molecule has 0 aliphatic rings. The van der Waals surface area contributed by atoms with Crippen LogP contribution >= 0.6 is 22.9 Å². The van der Waals surface area contributed by atoms with Crippen LogP contribution in [0.3, 0.4) is 0 Å². The highest BCUT2D eigenvalue weighted by molar-refractivity contribution is 7.10. The molecule has 0 saturated heterocycles. The van der Waals surface area contributed by atoms with E-state index in [1.165, 1.54) is 16.5 Å². The Morgan fingerprint density at radius 2 is 2.22 bits per heavy atom. The summed E-state index contributed by atoms with van der Waals surface area (Å²) in [6, 6.07) is 7.02. The quantitative estimate of drug-likeness (QED) is 0.879. The minimum atomic E-state index is -0.241. The number of likely N-dealkylation sites (N-methyl/N-ethyl adjacent to an activating group) is 1. The lowest BCUT2D eigenvalue weighted by atomic mass is 10.0. The molecule has 1 unspecified atom stereocenters. The number of nitrogens with one attached hydrogen (secondary N) is 1. The molecule has 1 aromatic carbocycles. The Hall–Kier alpha value is -0.900. The fourth-order valence-electron chi connectivity index (χ4n) is 1.96. The molecule has 0 spiro atoms. The summed E-state index contributed by atoms with van der Waals surface area (Å²) in [5, 5.41) is 5.81. The predicted octanol–water partition coefficient (Wildman–Crippen LogP) is 4.35. The van der Waals surface area contributed by atoms with E-state index in [2.05, 4.69) is 23.7 Å². The number of hydrogen-bond donors (Lipinski definition) is 1. The molecule has 0 bridgehead atoms. The Morgan fingerprint density at radius 1 is 1.44 bits per heavy atom. The van der Waals surface area contributed by atoms with Crippen LogP contribution in [0.1, 0.15) is 22.0 Å². The fourth-order valence-corrected chi connectivity index (χ4v) is 2.96. The average Bonchev–Trinajstić information content (AvgIpc) is 2.76. The molecule has 2 rings (SSSR count). The number of hydrogen-bond acceptors (Lipinski definition) is 2. The number of rotatable bonds is 4. The number of thiophene rings is 1. The molecule has 96 valence electrons. The maximum Gasteiger partial charge on any atom is 0.127 e. The van der Waals surface area contributed by atoms with Crippen LogP contribution in [0.2, 0.25) is 5.02 Å². The molecule has 2 aromatic rings. The van der Waals surface area contributed by atoms with Crippen LogP contribution in [0.15, 0.2) is 29.6 Å². The molecule has 0 radical (unpaired) electrons. The third-order valence-electron chi connectivity index (χ3n) is 2.97. The van der Waals surface area contributed by atoms with Gasteiger partial charge in [-0.2, -0.15) is 0 Å². The predicted molar refractivity (Wildman–Crippen MR) is 76.0 cm³/mol. The SMILES string of the molecule is CNC(Cc1c(F)cccc1Cl)c1csc(C)c1. The van der Waals surface area contributed by atoms with E-state index in [9.17, 15) is 4.39 Å². The van der Waals surface area contributed by atoms with Crippen molar-refractivity contribution in [2.75, 3.05) is 7.05 Å². The first-order valence-electron chi connectivity index (χ1n) is 5.77. The second-order valence-electron chi connectivity index (χ2n) is 4.24. The van der Waals surface area contributed by atoms with Crippen molar-refractivity contribution < 1.29 is 4.39 Å². The molecular formula is C14H15ClFNS. The molecule has 4 heteroatoms. The Balaban J connectivity index is 2.26. The van der Waals surface area contributed by atoms with Gasteiger partial charge in [-0.15, -0.1) is 11.3 Å². The molecule has 0 saturated carbocycles. The average molecular weight is 284 g/mol. The maximum atomic E-state index is 13.8. The van der Waals surface area contributed by atoms with Crippen LogP contribution in [0.25, 0.3) is 0 Å². The minimum absolute atomic E-state index is 0.0874. The monoisotopic (exact) mass is 283 g/mol. The Bertz CT molecular complexity index is 518. The highest BCUT2D eigenvalue weighted by atomic mass is 35.5. The number of halogens is 2. The van der Waals surface area contributed by atoms with Crippen LogP contribution < -0.4 is 5.32 Å². The number of benzene rings is 1. The smallest absolute Gasteiger partial charge is 0.127 e. The highest BCUT2D eigenvalue weighted by Gasteiger charge is 2.16. The summed E-state index contributed by atoms with van der Waals surface area (Å²) >= 11 is 7.76. The van der Waals surface area contributed by atoms with Crippen LogP contribution in [-0.2, 0) is 6.42 Å². The van der Waals surface area contributed by atoms with Crippen molar-refractivity contribution in [3.05, 3.63) is 56.5 Å². The van der Waals surface area contributed by atoms with Gasteiger partial charge < -0.3 is 5.32 Å². The molecular weight excluding hydrogens is 269 g/mol. The van der Waals surface area contributed by atoms with E-state index in [0.717, 1.165) is 0 Å². The molecule has 0 aliphatic heterocycles. The third-order valence-corrected chi connectivity index (χ3v) is 4.21. The zero-order chi connectivity index (χ0) is 13.1. The topological polar surface area (TPSA) is 12.0 Å². The van der Waals surface area contributed by atoms with Gasteiger partial charge in [-0.05, 0) is 49.5 Å². The first kappa shape index (κ1) is 13.5. The maximum absolute atomic E-state index is 13.8. The summed E-state index contributed by atoms with van der Waals surface area (Å²) in [5.41, 5.74) is 1.75. The molecule has 0 amide bonds. The van der Waals surface area contributed by atoms with Crippen LogP contribution in [0.4, 0.5) is 4.39 Å². The van der Waals surface area contributed by atoms with Crippen molar-refractivity contribution in [2.45, 2.75) is 19.4 Å². The van der Waals surface area contributed by atoms with Gasteiger partial charge in [0.25, 0.3) is 0 Å². The van der Waals surface area contributed by atoms with Gasteiger partial charge in [0, 0.05) is 21.5 Å². The lowest BCUT2D eigenvalue weighted by molar-refractivity contribution is 0.555. The summed E-state index contributed by atoms with van der Waals surface area (Å²) in [6.45, 7) is 2.07. The summed E-state index contributed by atoms with van der Waals surface area (Å²) in [6.07, 6.45) is 0.554. The van der Waals surface area contributed by atoms with Crippen LogP contribution in [0.5, 0.6) is 0 Å². The van der Waals surface area contributed by atoms with Gasteiger partial charge in [0.2, 0.25) is 0 Å². The van der Waals surface area contributed by atoms with E-state index in [1.54, 1.807) is 23.5 Å². The summed E-state index contributed by atoms with van der Waals surface area (Å²) < 4.78 is 13.8. The Morgan fingerprint density at radius 3 is 2.78 bits per heavy atom. The molecule has 1 atom stereocenters. The van der Waals surface area contributed by atoms with Crippen LogP contribution in [-0.4, -0.2) is 7.05 Å². The van der Waals surface area contributed by atoms with E-state index >= 15 is 0 Å². The Labute approximate surface area is 116 Å². The van der Waals surface area contributed by atoms with Gasteiger partial charge >= 0.3 is 0 Å². The van der Waals surface area contributed by atoms with Crippen molar-refractivity contribution in [2.24, 2.45) is 0 Å². The second kappa shape index (κ2) is 5.83. The van der Waals surface area contributed by atoms with E-state index in [1.807, 2.05) is 7.05 Å². The summed E-state index contributed by atoms with van der Waals surface area (Å²) in [5.74, 6) is -0.241. The van der Waals surface area contributed by atoms with Gasteiger partial charge in [0.1, 0.15) is 5.82 Å². The third kappa shape index (κ3) is 2.91. The zero-order valence-electron chi connectivity index (χ0n) is 10.3. The number of aryl methyl sites for hydroxylation is 1. The fraction of sp³-hybridized carbons (Fsp3) is 0.286. The molecule has 1 aromatic heterocycles. The van der Waals surface area contributed by atoms with Crippen molar-refractivity contribution in [1.29, 1.82) is 0 Å². The van der Waals surface area contributed by atoms with Crippen molar-refractivity contribution in [1.82, 2.24) is 5.32 Å². The first-order chi connectivity index (χ1) is 8.61. The van der Waals surface area contributed by atoms with Gasteiger partial charge in [0.15, 0.2) is 0 Å².